The highest BCUT2D eigenvalue weighted by Gasteiger charge is 2.30. The standard InChI is InChI=1S/C17H18N2/c1-4-7-13-14-9-6-8-12(3)16(14)17-18-10-11-19(17)15(13)5-2/h4-9H,2,10-11H2,1,3H3/b7-4-. The fraction of sp³-hybridized carbons (Fsp3) is 0.235. The Labute approximate surface area is 114 Å². The van der Waals surface area contributed by atoms with Gasteiger partial charge >= 0.3 is 0 Å². The fourth-order valence-corrected chi connectivity index (χ4v) is 2.93. The van der Waals surface area contributed by atoms with Gasteiger partial charge in [0, 0.05) is 23.4 Å². The van der Waals surface area contributed by atoms with Crippen LogP contribution in [0.1, 0.15) is 23.6 Å². The van der Waals surface area contributed by atoms with E-state index in [9.17, 15) is 0 Å². The third kappa shape index (κ3) is 1.67. The first-order valence-corrected chi connectivity index (χ1v) is 6.69. The molecular weight excluding hydrogens is 232 g/mol. The van der Waals surface area contributed by atoms with Gasteiger partial charge in [-0.25, -0.2) is 0 Å². The van der Waals surface area contributed by atoms with Gasteiger partial charge in [0.05, 0.1) is 6.54 Å². The first-order chi connectivity index (χ1) is 9.27. The van der Waals surface area contributed by atoms with Crippen LogP contribution in [-0.2, 0) is 0 Å². The smallest absolute Gasteiger partial charge is 0.136 e. The molecule has 1 aromatic rings. The normalized spacial score (nSPS) is 17.6. The number of nitrogens with zero attached hydrogens (tertiary/aromatic N) is 2. The van der Waals surface area contributed by atoms with Crippen LogP contribution in [0.4, 0.5) is 0 Å². The van der Waals surface area contributed by atoms with Gasteiger partial charge in [-0.1, -0.05) is 36.9 Å². The molecule has 0 amide bonds. The zero-order valence-corrected chi connectivity index (χ0v) is 11.5. The monoisotopic (exact) mass is 250 g/mol. The van der Waals surface area contributed by atoms with Crippen LogP contribution in [0.25, 0.3) is 5.57 Å². The predicted molar refractivity (Wildman–Crippen MR) is 81.2 cm³/mol. The summed E-state index contributed by atoms with van der Waals surface area (Å²) in [7, 11) is 0. The molecule has 19 heavy (non-hydrogen) atoms. The summed E-state index contributed by atoms with van der Waals surface area (Å²) in [4.78, 5) is 6.98. The molecule has 2 nitrogen and oxygen atoms in total. The summed E-state index contributed by atoms with van der Waals surface area (Å²) in [5, 5.41) is 0. The van der Waals surface area contributed by atoms with Crippen LogP contribution < -0.4 is 0 Å². The number of aryl methyl sites for hydroxylation is 1. The SMILES string of the molecule is C=CC1=C(/C=C\C)c2cccc(C)c2C2=NCCN21. The Morgan fingerprint density at radius 2 is 2.21 bits per heavy atom. The lowest BCUT2D eigenvalue weighted by Crippen LogP contribution is -2.32. The summed E-state index contributed by atoms with van der Waals surface area (Å²) < 4.78 is 0. The van der Waals surface area contributed by atoms with Gasteiger partial charge in [-0.3, -0.25) is 4.99 Å². The number of aliphatic imine (C=N–C) groups is 1. The second-order valence-corrected chi connectivity index (χ2v) is 4.86. The number of rotatable bonds is 2. The minimum Gasteiger partial charge on any atom is -0.324 e. The Morgan fingerprint density at radius 3 is 2.95 bits per heavy atom. The zero-order valence-electron chi connectivity index (χ0n) is 11.5. The van der Waals surface area contributed by atoms with Gasteiger partial charge in [-0.05, 0) is 31.1 Å². The van der Waals surface area contributed by atoms with Crippen molar-refractivity contribution in [3.63, 3.8) is 0 Å². The first-order valence-electron chi connectivity index (χ1n) is 6.69. The molecule has 2 heteroatoms. The Bertz CT molecular complexity index is 633. The molecule has 2 aliphatic heterocycles. The van der Waals surface area contributed by atoms with Crippen molar-refractivity contribution in [3.8, 4) is 0 Å². The van der Waals surface area contributed by atoms with Gasteiger partial charge in [-0.15, -0.1) is 0 Å². The Morgan fingerprint density at radius 1 is 1.37 bits per heavy atom. The zero-order chi connectivity index (χ0) is 13.4. The molecule has 3 rings (SSSR count). The van der Waals surface area contributed by atoms with E-state index >= 15 is 0 Å². The fourth-order valence-electron chi connectivity index (χ4n) is 2.93. The van der Waals surface area contributed by atoms with Gasteiger partial charge in [0.1, 0.15) is 5.84 Å². The minimum atomic E-state index is 0.865. The van der Waals surface area contributed by atoms with Crippen LogP contribution >= 0.6 is 0 Å². The van der Waals surface area contributed by atoms with E-state index in [0.29, 0.717) is 0 Å². The lowest BCUT2D eigenvalue weighted by molar-refractivity contribution is 0.578. The summed E-state index contributed by atoms with van der Waals surface area (Å²) >= 11 is 0. The Hall–Kier alpha value is -2.09. The van der Waals surface area contributed by atoms with Crippen molar-refractivity contribution in [1.29, 1.82) is 0 Å². The van der Waals surface area contributed by atoms with Crippen molar-refractivity contribution in [1.82, 2.24) is 4.90 Å². The van der Waals surface area contributed by atoms with Gasteiger partial charge in [0.2, 0.25) is 0 Å². The second kappa shape index (κ2) is 4.54. The van der Waals surface area contributed by atoms with E-state index in [-0.39, 0.29) is 0 Å². The van der Waals surface area contributed by atoms with Gasteiger partial charge in [0.25, 0.3) is 0 Å². The van der Waals surface area contributed by atoms with Crippen molar-refractivity contribution in [3.05, 3.63) is 65.4 Å². The van der Waals surface area contributed by atoms with Crippen molar-refractivity contribution in [2.24, 2.45) is 4.99 Å². The largest absolute Gasteiger partial charge is 0.324 e. The average molecular weight is 250 g/mol. The molecule has 0 fully saturated rings. The number of hydrogen-bond acceptors (Lipinski definition) is 2. The molecule has 0 bridgehead atoms. The summed E-state index contributed by atoms with van der Waals surface area (Å²) in [5.74, 6) is 1.11. The molecular formula is C17H18N2. The highest BCUT2D eigenvalue weighted by molar-refractivity contribution is 6.10. The van der Waals surface area contributed by atoms with Gasteiger partial charge in [0.15, 0.2) is 0 Å². The highest BCUT2D eigenvalue weighted by Crippen LogP contribution is 2.36. The van der Waals surface area contributed by atoms with Crippen LogP contribution in [0.5, 0.6) is 0 Å². The molecule has 0 spiro atoms. The van der Waals surface area contributed by atoms with Crippen molar-refractivity contribution in [2.45, 2.75) is 13.8 Å². The molecule has 0 saturated heterocycles. The van der Waals surface area contributed by atoms with E-state index in [0.717, 1.165) is 18.9 Å². The van der Waals surface area contributed by atoms with E-state index in [4.69, 9.17) is 0 Å². The van der Waals surface area contributed by atoms with Gasteiger partial charge in [-0.2, -0.15) is 0 Å². The number of amidine groups is 1. The molecule has 0 aliphatic carbocycles. The maximum Gasteiger partial charge on any atom is 0.136 e. The summed E-state index contributed by atoms with van der Waals surface area (Å²) in [6, 6.07) is 6.45. The summed E-state index contributed by atoms with van der Waals surface area (Å²) in [6.07, 6.45) is 6.20. The molecule has 2 heterocycles. The number of allylic oxidation sites excluding steroid dienone is 4. The lowest BCUT2D eigenvalue weighted by Gasteiger charge is -2.31. The van der Waals surface area contributed by atoms with Crippen LogP contribution in [0.15, 0.2) is 53.7 Å². The van der Waals surface area contributed by atoms with Gasteiger partial charge < -0.3 is 4.90 Å². The highest BCUT2D eigenvalue weighted by atomic mass is 15.3. The third-order valence-corrected chi connectivity index (χ3v) is 3.72. The topological polar surface area (TPSA) is 15.6 Å². The predicted octanol–water partition coefficient (Wildman–Crippen LogP) is 3.54. The number of hydrogen-bond donors (Lipinski definition) is 0. The van der Waals surface area contributed by atoms with Crippen molar-refractivity contribution in [2.75, 3.05) is 13.1 Å². The number of fused-ring (bicyclic) bond motifs is 3. The Kier molecular flexibility index (Phi) is 2.86. The second-order valence-electron chi connectivity index (χ2n) is 4.86. The molecule has 0 unspecified atom stereocenters. The molecule has 0 aromatic heterocycles. The third-order valence-electron chi connectivity index (χ3n) is 3.72. The van der Waals surface area contributed by atoms with Crippen LogP contribution in [0.2, 0.25) is 0 Å². The summed E-state index contributed by atoms with van der Waals surface area (Å²) in [6.45, 7) is 10.0. The van der Waals surface area contributed by atoms with E-state index in [1.54, 1.807) is 0 Å². The van der Waals surface area contributed by atoms with Crippen LogP contribution in [0, 0.1) is 6.92 Å². The molecule has 96 valence electrons. The first kappa shape index (κ1) is 12.0. The molecule has 0 saturated carbocycles. The molecule has 2 aliphatic rings. The van der Waals surface area contributed by atoms with Crippen LogP contribution in [0.3, 0.4) is 0 Å². The van der Waals surface area contributed by atoms with Crippen molar-refractivity contribution >= 4 is 11.4 Å². The lowest BCUT2D eigenvalue weighted by atomic mass is 9.89. The van der Waals surface area contributed by atoms with E-state index in [2.05, 4.69) is 60.7 Å². The molecule has 0 atom stereocenters. The van der Waals surface area contributed by atoms with E-state index in [1.807, 2.05) is 6.08 Å². The van der Waals surface area contributed by atoms with E-state index in [1.165, 1.54) is 28.0 Å². The molecule has 0 radical (unpaired) electrons. The average Bonchev–Trinajstić information content (AvgIpc) is 2.88. The number of benzene rings is 1. The Balaban J connectivity index is 2.36. The maximum atomic E-state index is 4.69. The minimum absolute atomic E-state index is 0.865. The maximum absolute atomic E-state index is 4.69. The van der Waals surface area contributed by atoms with Crippen molar-refractivity contribution < 1.29 is 0 Å². The van der Waals surface area contributed by atoms with Crippen LogP contribution in [-0.4, -0.2) is 23.8 Å². The quantitative estimate of drug-likeness (QED) is 0.784. The molecule has 0 N–H and O–H groups in total. The van der Waals surface area contributed by atoms with E-state index < -0.39 is 0 Å². The molecule has 1 aromatic carbocycles. The summed E-state index contributed by atoms with van der Waals surface area (Å²) in [5.41, 5.74) is 6.25.